The van der Waals surface area contributed by atoms with Crippen LogP contribution in [0.15, 0.2) is 12.7 Å². The number of hydrogen-bond donors (Lipinski definition) is 9. The van der Waals surface area contributed by atoms with Crippen molar-refractivity contribution < 1.29 is 80.5 Å². The predicted octanol–water partition coefficient (Wildman–Crippen LogP) is -1.32. The number of nitrogens with two attached hydrogens (primary N) is 1. The van der Waals surface area contributed by atoms with Gasteiger partial charge in [0.1, 0.15) is 36.3 Å². The Morgan fingerprint density at radius 2 is 1.75 bits per heavy atom. The largest absolute Gasteiger partial charge is 0.481 e. The van der Waals surface area contributed by atoms with E-state index in [1.807, 2.05) is 0 Å². The molecular weight excluding hydrogens is 771 g/mol. The number of aliphatic hydroxyl groups excluding tert-OH is 2. The second kappa shape index (κ2) is 17.6. The number of amides is 2. The van der Waals surface area contributed by atoms with Crippen LogP contribution in [0, 0.1) is 5.41 Å². The van der Waals surface area contributed by atoms with Crippen molar-refractivity contribution in [1.29, 1.82) is 0 Å². The van der Waals surface area contributed by atoms with E-state index in [-0.39, 0.29) is 41.6 Å². The van der Waals surface area contributed by atoms with Crippen LogP contribution in [0.5, 0.6) is 0 Å². The van der Waals surface area contributed by atoms with Crippen LogP contribution in [0.25, 0.3) is 11.2 Å². The second-order valence-corrected chi connectivity index (χ2v) is 16.9. The van der Waals surface area contributed by atoms with E-state index in [9.17, 15) is 57.9 Å². The van der Waals surface area contributed by atoms with Crippen molar-refractivity contribution >= 4 is 69.1 Å². The van der Waals surface area contributed by atoms with Crippen LogP contribution in [0.4, 0.5) is 5.82 Å². The number of hydrogen-bond acceptors (Lipinski definition) is 18. The van der Waals surface area contributed by atoms with Gasteiger partial charge in [-0.1, -0.05) is 25.6 Å². The number of nitrogen functional groups attached to an aromatic ring is 1. The van der Waals surface area contributed by atoms with Gasteiger partial charge in [-0.15, -0.1) is 0 Å². The average molecular weight is 810 g/mol. The lowest BCUT2D eigenvalue weighted by Crippen LogP contribution is -2.46. The maximum atomic E-state index is 12.6. The lowest BCUT2D eigenvalue weighted by molar-refractivity contribution is -0.137. The van der Waals surface area contributed by atoms with Gasteiger partial charge in [0, 0.05) is 37.6 Å². The van der Waals surface area contributed by atoms with Crippen molar-refractivity contribution in [2.24, 2.45) is 5.41 Å². The van der Waals surface area contributed by atoms with E-state index in [0.29, 0.717) is 5.75 Å². The van der Waals surface area contributed by atoms with Crippen LogP contribution in [-0.4, -0.2) is 123 Å². The van der Waals surface area contributed by atoms with E-state index in [2.05, 4.69) is 34.4 Å². The smallest absolute Gasteiger partial charge is 0.386 e. The van der Waals surface area contributed by atoms with E-state index in [1.54, 1.807) is 0 Å². The number of carbonyl (C=O) groups is 3. The molecule has 2 aromatic heterocycles. The second-order valence-electron chi connectivity index (χ2n) is 11.4. The van der Waals surface area contributed by atoms with Crippen LogP contribution in [0.1, 0.15) is 33.4 Å². The first-order valence-electron chi connectivity index (χ1n) is 14.5. The van der Waals surface area contributed by atoms with E-state index in [1.165, 1.54) is 20.8 Å². The minimum Gasteiger partial charge on any atom is -0.386 e. The van der Waals surface area contributed by atoms with E-state index in [0.717, 1.165) is 29.0 Å². The van der Waals surface area contributed by atoms with Crippen molar-refractivity contribution in [3.8, 4) is 0 Å². The number of phosphoric acid groups is 3. The van der Waals surface area contributed by atoms with Gasteiger partial charge in [-0.25, -0.2) is 28.6 Å². The fourth-order valence-electron chi connectivity index (χ4n) is 4.32. The van der Waals surface area contributed by atoms with Crippen LogP contribution in [-0.2, 0) is 50.7 Å². The molecule has 2 unspecified atom stereocenters. The Labute approximate surface area is 293 Å². The number of aromatic nitrogens is 4. The monoisotopic (exact) mass is 809 g/mol. The van der Waals surface area contributed by atoms with Crippen molar-refractivity contribution in [3.05, 3.63) is 12.7 Å². The highest BCUT2D eigenvalue weighted by atomic mass is 32.2. The molecule has 2 amide bonds. The molecule has 1 aliphatic heterocycles. The Morgan fingerprint density at radius 3 is 2.39 bits per heavy atom. The van der Waals surface area contributed by atoms with Crippen molar-refractivity contribution in [2.45, 2.75) is 57.8 Å². The van der Waals surface area contributed by atoms with E-state index >= 15 is 0 Å². The molecule has 1 saturated heterocycles. The molecule has 0 saturated carbocycles. The zero-order chi connectivity index (χ0) is 38.4. The Balaban J connectivity index is 1.55. The van der Waals surface area contributed by atoms with Gasteiger partial charge in [0.2, 0.25) is 11.8 Å². The molecule has 3 heterocycles. The fraction of sp³-hybridized carbons (Fsp3) is 0.652. The van der Waals surface area contributed by atoms with Crippen molar-refractivity contribution in [1.82, 2.24) is 30.2 Å². The topological polar surface area (TPSA) is 364 Å². The summed E-state index contributed by atoms with van der Waals surface area (Å²) >= 11 is 1.03. The van der Waals surface area contributed by atoms with Gasteiger partial charge in [0.15, 0.2) is 22.8 Å². The summed E-state index contributed by atoms with van der Waals surface area (Å²) in [4.78, 5) is 85.9. The molecule has 0 radical (unpaired) electrons. The highest BCUT2D eigenvalue weighted by molar-refractivity contribution is 8.13. The Hall–Kier alpha value is -2.44. The van der Waals surface area contributed by atoms with Crippen molar-refractivity contribution in [3.63, 3.8) is 0 Å². The minimum atomic E-state index is -5.56. The SMILES string of the molecule is CC(=O)SCCNC(=O)CCNC(=O)[C@@H](O)C(C)(C)COP(=O)(O)OP(=O)(O)OC[C@@H]1O[C@@H](n2cnc3c(N)ncnc32)[C@@H](O)[C@@H]1OP(=O)(O)O. The number of rotatable bonds is 19. The van der Waals surface area contributed by atoms with Gasteiger partial charge >= 0.3 is 23.5 Å². The molecule has 0 aliphatic carbocycles. The quantitative estimate of drug-likeness (QED) is 0.0587. The molecule has 2 aromatic rings. The number of imidazole rings is 1. The molecule has 1 aliphatic rings. The lowest BCUT2D eigenvalue weighted by Gasteiger charge is -2.30. The van der Waals surface area contributed by atoms with Gasteiger partial charge in [0.05, 0.1) is 19.5 Å². The summed E-state index contributed by atoms with van der Waals surface area (Å²) in [6.45, 7) is 1.90. The van der Waals surface area contributed by atoms with E-state index in [4.69, 9.17) is 19.5 Å². The van der Waals surface area contributed by atoms with Gasteiger partial charge in [-0.05, 0) is 0 Å². The zero-order valence-corrected chi connectivity index (χ0v) is 30.6. The number of nitrogens with one attached hydrogen (secondary N) is 2. The number of fused-ring (bicyclic) bond motifs is 1. The molecule has 288 valence electrons. The summed E-state index contributed by atoms with van der Waals surface area (Å²) in [5.41, 5.74) is 4.26. The summed E-state index contributed by atoms with van der Waals surface area (Å²) in [7, 11) is -16.4. The molecule has 28 heteroatoms. The summed E-state index contributed by atoms with van der Waals surface area (Å²) in [6, 6.07) is 0. The summed E-state index contributed by atoms with van der Waals surface area (Å²) < 4.78 is 61.8. The Kier molecular flexibility index (Phi) is 14.8. The number of anilines is 1. The molecule has 0 aromatic carbocycles. The summed E-state index contributed by atoms with van der Waals surface area (Å²) in [5, 5.41) is 26.1. The standard InChI is InChI=1S/C23H38N7O17P3S/c1-12(31)51-7-6-25-14(32)4-5-26-21(35)18(34)23(2,3)9-44-50(41,42)47-49(39,40)43-8-13-17(46-48(36,37)38)16(33)22(45-13)30-11-29-15-19(24)27-10-28-20(15)30/h10-11,13,16-18,22,33-34H,4-9H2,1-3H3,(H,25,32)(H,26,35)(H,39,40)(H,41,42)(H2,24,27,28)(H2,36,37,38)/t13-,16-,17+,18+,22+/m0/s1. The van der Waals surface area contributed by atoms with Gasteiger partial charge in [-0.2, -0.15) is 4.31 Å². The molecule has 10 N–H and O–H groups in total. The third-order valence-electron chi connectivity index (χ3n) is 6.81. The van der Waals surface area contributed by atoms with Crippen LogP contribution in [0.2, 0.25) is 0 Å². The first kappa shape index (κ1) is 43.0. The van der Waals surface area contributed by atoms with Crippen molar-refractivity contribution in [2.75, 3.05) is 37.8 Å². The highest BCUT2D eigenvalue weighted by Gasteiger charge is 2.50. The molecular formula is C23H38N7O17P3S. The van der Waals surface area contributed by atoms with Crippen LogP contribution in [0.3, 0.4) is 0 Å². The third kappa shape index (κ3) is 12.9. The molecule has 3 rings (SSSR count). The highest BCUT2D eigenvalue weighted by Crippen LogP contribution is 2.61. The van der Waals surface area contributed by atoms with E-state index < -0.39 is 84.6 Å². The molecule has 1 fully saturated rings. The molecule has 24 nitrogen and oxygen atoms in total. The van der Waals surface area contributed by atoms with Gasteiger partial charge in [0.25, 0.3) is 0 Å². The van der Waals surface area contributed by atoms with Crippen LogP contribution >= 0.6 is 35.2 Å². The Morgan fingerprint density at radius 1 is 1.08 bits per heavy atom. The number of nitrogens with zero attached hydrogens (tertiary/aromatic N) is 4. The third-order valence-corrected chi connectivity index (χ3v) is 10.7. The average Bonchev–Trinajstić information content (AvgIpc) is 3.57. The zero-order valence-electron chi connectivity index (χ0n) is 27.1. The molecule has 0 spiro atoms. The number of carbonyl (C=O) groups excluding carboxylic acids is 3. The van der Waals surface area contributed by atoms with Gasteiger partial charge in [-0.3, -0.25) is 32.5 Å². The Bertz CT molecular complexity index is 1710. The number of phosphoric ester groups is 3. The number of thioether (sulfide) groups is 1. The van der Waals surface area contributed by atoms with Crippen LogP contribution < -0.4 is 16.4 Å². The maximum Gasteiger partial charge on any atom is 0.481 e. The molecule has 51 heavy (non-hydrogen) atoms. The maximum absolute atomic E-state index is 12.6. The minimum absolute atomic E-state index is 0.0310. The summed E-state index contributed by atoms with van der Waals surface area (Å²) in [6.07, 6.45) is -6.88. The van der Waals surface area contributed by atoms with Gasteiger partial charge < -0.3 is 50.9 Å². The summed E-state index contributed by atoms with van der Waals surface area (Å²) in [5.74, 6) is -1.08. The molecule has 7 atom stereocenters. The predicted molar refractivity (Wildman–Crippen MR) is 173 cm³/mol. The fourth-order valence-corrected chi connectivity index (χ4v) is 7.65. The lowest BCUT2D eigenvalue weighted by atomic mass is 9.87. The number of aliphatic hydroxyl groups is 2. The molecule has 0 bridgehead atoms. The normalized spacial score (nSPS) is 22.6. The first-order chi connectivity index (χ1) is 23.5. The number of ether oxygens (including phenoxy) is 1. The first-order valence-corrected chi connectivity index (χ1v) is 20.0.